The van der Waals surface area contributed by atoms with Gasteiger partial charge in [-0.2, -0.15) is 0 Å². The zero-order valence-electron chi connectivity index (χ0n) is 13.5. The minimum Gasteiger partial charge on any atom is -0.0622 e. The molecule has 0 radical (unpaired) electrons. The highest BCUT2D eigenvalue weighted by atomic mass is 14.4. The molecule has 0 saturated heterocycles. The highest BCUT2D eigenvalue weighted by Gasteiger charge is 2.41. The van der Waals surface area contributed by atoms with E-state index in [4.69, 9.17) is 0 Å². The number of fused-ring (bicyclic) bond motifs is 1. The first-order valence-corrected chi connectivity index (χ1v) is 8.27. The SMILES string of the molecule is CC(C)C(C)(c1ccccc1)C1CCCc2ccccc21. The van der Waals surface area contributed by atoms with Crippen molar-refractivity contribution in [1.29, 1.82) is 0 Å². The summed E-state index contributed by atoms with van der Waals surface area (Å²) in [4.78, 5) is 0. The molecule has 1 aliphatic rings. The maximum atomic E-state index is 2.47. The minimum atomic E-state index is 0.206. The van der Waals surface area contributed by atoms with Crippen LogP contribution in [0.15, 0.2) is 54.6 Å². The van der Waals surface area contributed by atoms with Crippen molar-refractivity contribution in [1.82, 2.24) is 0 Å². The summed E-state index contributed by atoms with van der Waals surface area (Å²) in [6, 6.07) is 20.2. The van der Waals surface area contributed by atoms with Crippen LogP contribution in [0.5, 0.6) is 0 Å². The smallest absolute Gasteiger partial charge is 0.00164 e. The van der Waals surface area contributed by atoms with Crippen LogP contribution < -0.4 is 0 Å². The topological polar surface area (TPSA) is 0 Å². The van der Waals surface area contributed by atoms with E-state index in [2.05, 4.69) is 75.4 Å². The maximum absolute atomic E-state index is 2.47. The first-order valence-electron chi connectivity index (χ1n) is 8.27. The Morgan fingerprint density at radius 1 is 0.952 bits per heavy atom. The standard InChI is InChI=1S/C21H26/c1-16(2)21(3,18-12-5-4-6-13-18)20-15-9-11-17-10-7-8-14-19(17)20/h4-8,10,12-14,16,20H,9,11,15H2,1-3H3. The van der Waals surface area contributed by atoms with Crippen molar-refractivity contribution < 1.29 is 0 Å². The molecule has 0 N–H and O–H groups in total. The van der Waals surface area contributed by atoms with E-state index in [1.807, 2.05) is 0 Å². The summed E-state index contributed by atoms with van der Waals surface area (Å²) >= 11 is 0. The van der Waals surface area contributed by atoms with Gasteiger partial charge in [0.25, 0.3) is 0 Å². The number of rotatable bonds is 3. The quantitative estimate of drug-likeness (QED) is 0.673. The van der Waals surface area contributed by atoms with Gasteiger partial charge >= 0.3 is 0 Å². The van der Waals surface area contributed by atoms with Gasteiger partial charge in [-0.15, -0.1) is 0 Å². The predicted octanol–water partition coefficient (Wildman–Crippen LogP) is 5.72. The molecule has 3 rings (SSSR count). The third-order valence-corrected chi connectivity index (χ3v) is 5.69. The van der Waals surface area contributed by atoms with E-state index in [0.29, 0.717) is 11.8 Å². The third-order valence-electron chi connectivity index (χ3n) is 5.69. The van der Waals surface area contributed by atoms with Crippen molar-refractivity contribution in [3.05, 3.63) is 71.3 Å². The average molecular weight is 278 g/mol. The lowest BCUT2D eigenvalue weighted by atomic mass is 9.59. The Bertz CT molecular complexity index is 596. The van der Waals surface area contributed by atoms with Crippen LogP contribution in [0.25, 0.3) is 0 Å². The molecule has 2 aromatic rings. The number of hydrogen-bond donors (Lipinski definition) is 0. The zero-order chi connectivity index (χ0) is 14.9. The van der Waals surface area contributed by atoms with Crippen LogP contribution in [-0.4, -0.2) is 0 Å². The van der Waals surface area contributed by atoms with Gasteiger partial charge in [0.2, 0.25) is 0 Å². The Kier molecular flexibility index (Phi) is 3.89. The average Bonchev–Trinajstić information content (AvgIpc) is 2.54. The second kappa shape index (κ2) is 5.67. The van der Waals surface area contributed by atoms with Crippen molar-refractivity contribution >= 4 is 0 Å². The van der Waals surface area contributed by atoms with Crippen LogP contribution in [0.2, 0.25) is 0 Å². The van der Waals surface area contributed by atoms with Crippen LogP contribution in [0, 0.1) is 5.92 Å². The maximum Gasteiger partial charge on any atom is 0.00164 e. The molecular formula is C21H26. The molecule has 2 aromatic carbocycles. The lowest BCUT2D eigenvalue weighted by Gasteiger charge is -2.44. The Balaban J connectivity index is 2.12. The number of aryl methyl sites for hydroxylation is 1. The Morgan fingerprint density at radius 3 is 2.33 bits per heavy atom. The summed E-state index contributed by atoms with van der Waals surface area (Å²) in [6.07, 6.45) is 3.87. The largest absolute Gasteiger partial charge is 0.0622 e. The van der Waals surface area contributed by atoms with Gasteiger partial charge < -0.3 is 0 Å². The van der Waals surface area contributed by atoms with Crippen LogP contribution in [0.4, 0.5) is 0 Å². The molecule has 110 valence electrons. The predicted molar refractivity (Wildman–Crippen MR) is 90.8 cm³/mol. The van der Waals surface area contributed by atoms with E-state index in [0.717, 1.165) is 0 Å². The first-order chi connectivity index (χ1) is 10.1. The van der Waals surface area contributed by atoms with Crippen molar-refractivity contribution in [3.63, 3.8) is 0 Å². The number of benzene rings is 2. The van der Waals surface area contributed by atoms with Gasteiger partial charge in [0.05, 0.1) is 0 Å². The van der Waals surface area contributed by atoms with Crippen molar-refractivity contribution in [2.45, 2.75) is 51.4 Å². The molecule has 21 heavy (non-hydrogen) atoms. The summed E-state index contributed by atoms with van der Waals surface area (Å²) < 4.78 is 0. The highest BCUT2D eigenvalue weighted by molar-refractivity contribution is 5.39. The van der Waals surface area contributed by atoms with Crippen LogP contribution >= 0.6 is 0 Å². The molecule has 0 bridgehead atoms. The molecule has 0 spiro atoms. The molecule has 0 fully saturated rings. The summed E-state index contributed by atoms with van der Waals surface area (Å²) in [5.41, 5.74) is 4.85. The molecule has 0 heteroatoms. The molecule has 0 amide bonds. The van der Waals surface area contributed by atoms with E-state index in [9.17, 15) is 0 Å². The third kappa shape index (κ3) is 2.41. The fraction of sp³-hybridized carbons (Fsp3) is 0.429. The molecule has 0 nitrogen and oxygen atoms in total. The normalized spacial score (nSPS) is 20.9. The van der Waals surface area contributed by atoms with E-state index in [1.165, 1.54) is 24.8 Å². The summed E-state index contributed by atoms with van der Waals surface area (Å²) in [5.74, 6) is 1.25. The molecule has 0 aliphatic heterocycles. The van der Waals surface area contributed by atoms with Gasteiger partial charge in [0.15, 0.2) is 0 Å². The van der Waals surface area contributed by atoms with Gasteiger partial charge in [-0.1, -0.05) is 75.4 Å². The van der Waals surface area contributed by atoms with Crippen molar-refractivity contribution in [2.75, 3.05) is 0 Å². The lowest BCUT2D eigenvalue weighted by molar-refractivity contribution is 0.252. The van der Waals surface area contributed by atoms with E-state index in [-0.39, 0.29) is 5.41 Å². The summed E-state index contributed by atoms with van der Waals surface area (Å²) in [7, 11) is 0. The van der Waals surface area contributed by atoms with Crippen LogP contribution in [-0.2, 0) is 11.8 Å². The molecule has 1 aliphatic carbocycles. The Morgan fingerprint density at radius 2 is 1.62 bits per heavy atom. The minimum absolute atomic E-state index is 0.206. The van der Waals surface area contributed by atoms with E-state index in [1.54, 1.807) is 11.1 Å². The lowest BCUT2D eigenvalue weighted by Crippen LogP contribution is -2.37. The van der Waals surface area contributed by atoms with Gasteiger partial charge in [-0.05, 0) is 47.8 Å². The highest BCUT2D eigenvalue weighted by Crippen LogP contribution is 2.49. The Labute approximate surface area is 129 Å². The van der Waals surface area contributed by atoms with Gasteiger partial charge in [-0.25, -0.2) is 0 Å². The second-order valence-corrected chi connectivity index (χ2v) is 6.95. The van der Waals surface area contributed by atoms with Gasteiger partial charge in [0, 0.05) is 5.41 Å². The van der Waals surface area contributed by atoms with Gasteiger partial charge in [0.1, 0.15) is 0 Å². The number of hydrogen-bond acceptors (Lipinski definition) is 0. The Hall–Kier alpha value is -1.56. The van der Waals surface area contributed by atoms with E-state index < -0.39 is 0 Å². The second-order valence-electron chi connectivity index (χ2n) is 6.95. The summed E-state index contributed by atoms with van der Waals surface area (Å²) in [6.45, 7) is 7.23. The molecule has 2 atom stereocenters. The molecule has 2 unspecified atom stereocenters. The van der Waals surface area contributed by atoms with Crippen LogP contribution in [0.3, 0.4) is 0 Å². The first kappa shape index (κ1) is 14.4. The molecule has 0 saturated carbocycles. The summed E-state index contributed by atoms with van der Waals surface area (Å²) in [5, 5.41) is 0. The molecule has 0 aromatic heterocycles. The van der Waals surface area contributed by atoms with Gasteiger partial charge in [-0.3, -0.25) is 0 Å². The fourth-order valence-corrected chi connectivity index (χ4v) is 4.11. The van der Waals surface area contributed by atoms with Crippen molar-refractivity contribution in [3.8, 4) is 0 Å². The van der Waals surface area contributed by atoms with Crippen molar-refractivity contribution in [2.24, 2.45) is 5.92 Å². The van der Waals surface area contributed by atoms with Crippen LogP contribution in [0.1, 0.15) is 56.2 Å². The molecule has 0 heterocycles. The fourth-order valence-electron chi connectivity index (χ4n) is 4.11. The van der Waals surface area contributed by atoms with E-state index >= 15 is 0 Å². The molecular weight excluding hydrogens is 252 g/mol. The monoisotopic (exact) mass is 278 g/mol. The zero-order valence-corrected chi connectivity index (χ0v) is 13.5.